The highest BCUT2D eigenvalue weighted by molar-refractivity contribution is 5.87. The lowest BCUT2D eigenvalue weighted by molar-refractivity contribution is 0.0687. The van der Waals surface area contributed by atoms with Gasteiger partial charge in [-0.05, 0) is 56.2 Å². The summed E-state index contributed by atoms with van der Waals surface area (Å²) in [5.41, 5.74) is 3.43. The van der Waals surface area contributed by atoms with Crippen molar-refractivity contribution in [3.05, 3.63) is 52.6 Å². The Bertz CT molecular complexity index is 806. The highest BCUT2D eigenvalue weighted by atomic mass is 19.1. The molecule has 2 aromatic rings. The Hall–Kier alpha value is -2.17. The average Bonchev–Trinajstić information content (AvgIpc) is 2.95. The van der Waals surface area contributed by atoms with Gasteiger partial charge in [0.05, 0.1) is 6.04 Å². The number of fused-ring (bicyclic) bond motifs is 1. The van der Waals surface area contributed by atoms with Crippen molar-refractivity contribution in [1.82, 2.24) is 9.78 Å². The second kappa shape index (κ2) is 7.83. The first-order valence-electron chi connectivity index (χ1n) is 10.2. The minimum atomic E-state index is -0.914. The number of aromatic nitrogens is 2. The molecule has 1 aromatic carbocycles. The number of carboxylic acids is 1. The molecule has 4 rings (SSSR count). The summed E-state index contributed by atoms with van der Waals surface area (Å²) in [5, 5.41) is 14.4. The zero-order valence-corrected chi connectivity index (χ0v) is 15.7. The lowest BCUT2D eigenvalue weighted by Crippen LogP contribution is -2.19. The molecule has 1 aromatic heterocycles. The van der Waals surface area contributed by atoms with Crippen molar-refractivity contribution >= 4 is 5.97 Å². The summed E-state index contributed by atoms with van der Waals surface area (Å²) in [6.45, 7) is 0. The van der Waals surface area contributed by atoms with Gasteiger partial charge in [-0.25, -0.2) is 9.18 Å². The first-order chi connectivity index (χ1) is 13.1. The van der Waals surface area contributed by atoms with Crippen LogP contribution in [0.1, 0.15) is 90.6 Å². The van der Waals surface area contributed by atoms with Crippen molar-refractivity contribution in [2.24, 2.45) is 0 Å². The number of carbonyl (C=O) groups is 1. The molecule has 1 unspecified atom stereocenters. The lowest BCUT2D eigenvalue weighted by Gasteiger charge is -2.27. The molecule has 144 valence electrons. The Morgan fingerprint density at radius 1 is 1.07 bits per heavy atom. The van der Waals surface area contributed by atoms with Crippen molar-refractivity contribution in [1.29, 1.82) is 0 Å². The smallest absolute Gasteiger partial charge is 0.356 e. The summed E-state index contributed by atoms with van der Waals surface area (Å²) in [6.07, 6.45) is 10.5. The molecular weight excluding hydrogens is 343 g/mol. The van der Waals surface area contributed by atoms with Gasteiger partial charge in [0.1, 0.15) is 5.82 Å². The molecule has 1 N–H and O–H groups in total. The van der Waals surface area contributed by atoms with E-state index in [-0.39, 0.29) is 17.4 Å². The molecular formula is C22H27FN2O2. The predicted octanol–water partition coefficient (Wildman–Crippen LogP) is 5.28. The van der Waals surface area contributed by atoms with Crippen LogP contribution in [0.3, 0.4) is 0 Å². The van der Waals surface area contributed by atoms with Crippen LogP contribution in [0.25, 0.3) is 0 Å². The van der Waals surface area contributed by atoms with Gasteiger partial charge in [-0.1, -0.05) is 37.8 Å². The second-order valence-corrected chi connectivity index (χ2v) is 8.03. The number of hydrogen-bond acceptors (Lipinski definition) is 2. The molecule has 5 heteroatoms. The van der Waals surface area contributed by atoms with Crippen molar-refractivity contribution in [2.75, 3.05) is 0 Å². The Balaban J connectivity index is 1.75. The fourth-order valence-electron chi connectivity index (χ4n) is 4.87. The normalized spacial score (nSPS) is 20.9. The molecule has 0 spiro atoms. The molecule has 0 amide bonds. The Morgan fingerprint density at radius 2 is 1.78 bits per heavy atom. The lowest BCUT2D eigenvalue weighted by atomic mass is 9.89. The molecule has 2 aliphatic carbocycles. The van der Waals surface area contributed by atoms with Gasteiger partial charge in [0, 0.05) is 17.2 Å². The van der Waals surface area contributed by atoms with Crippen LogP contribution in [-0.4, -0.2) is 20.9 Å². The van der Waals surface area contributed by atoms with Crippen LogP contribution in [0, 0.1) is 5.82 Å². The molecule has 27 heavy (non-hydrogen) atoms. The summed E-state index contributed by atoms with van der Waals surface area (Å²) < 4.78 is 15.4. The third-order valence-corrected chi connectivity index (χ3v) is 6.18. The number of benzene rings is 1. The van der Waals surface area contributed by atoms with Crippen LogP contribution in [0.5, 0.6) is 0 Å². The molecule has 4 nitrogen and oxygen atoms in total. The van der Waals surface area contributed by atoms with E-state index in [2.05, 4.69) is 9.78 Å². The van der Waals surface area contributed by atoms with E-state index >= 15 is 0 Å². The van der Waals surface area contributed by atoms with Crippen LogP contribution in [0.4, 0.5) is 4.39 Å². The molecule has 0 bridgehead atoms. The second-order valence-electron chi connectivity index (χ2n) is 8.03. The number of hydrogen-bond donors (Lipinski definition) is 1. The number of nitrogens with zero attached hydrogens (tertiary/aromatic N) is 2. The topological polar surface area (TPSA) is 55.1 Å². The zero-order chi connectivity index (χ0) is 18.8. The van der Waals surface area contributed by atoms with Crippen LogP contribution < -0.4 is 0 Å². The highest BCUT2D eigenvalue weighted by Crippen LogP contribution is 2.39. The summed E-state index contributed by atoms with van der Waals surface area (Å²) in [5.74, 6) is -0.889. The quantitative estimate of drug-likeness (QED) is 0.745. The maximum absolute atomic E-state index is 13.3. The molecule has 0 aliphatic heterocycles. The van der Waals surface area contributed by atoms with Gasteiger partial charge in [0.15, 0.2) is 5.69 Å². The summed E-state index contributed by atoms with van der Waals surface area (Å²) >= 11 is 0. The van der Waals surface area contributed by atoms with Crippen molar-refractivity contribution in [3.8, 4) is 0 Å². The van der Waals surface area contributed by atoms with Gasteiger partial charge >= 0.3 is 5.97 Å². The van der Waals surface area contributed by atoms with Crippen molar-refractivity contribution in [3.63, 3.8) is 0 Å². The van der Waals surface area contributed by atoms with E-state index < -0.39 is 5.97 Å². The van der Waals surface area contributed by atoms with Crippen LogP contribution in [-0.2, 0) is 12.8 Å². The van der Waals surface area contributed by atoms with Crippen LogP contribution >= 0.6 is 0 Å². The maximum Gasteiger partial charge on any atom is 0.356 e. The number of carboxylic acid groups (broad SMARTS) is 1. The van der Waals surface area contributed by atoms with Gasteiger partial charge in [0.2, 0.25) is 0 Å². The number of aromatic carboxylic acids is 1. The fourth-order valence-corrected chi connectivity index (χ4v) is 4.87. The van der Waals surface area contributed by atoms with E-state index in [1.165, 1.54) is 31.4 Å². The maximum atomic E-state index is 13.3. The largest absolute Gasteiger partial charge is 0.476 e. The summed E-state index contributed by atoms with van der Waals surface area (Å²) in [6, 6.07) is 7.02. The fraction of sp³-hybridized carbons (Fsp3) is 0.545. The van der Waals surface area contributed by atoms with Gasteiger partial charge in [0.25, 0.3) is 0 Å². The minimum absolute atomic E-state index is 0.222. The Labute approximate surface area is 159 Å². The van der Waals surface area contributed by atoms with E-state index in [1.54, 1.807) is 0 Å². The first kappa shape index (κ1) is 18.2. The molecule has 0 radical (unpaired) electrons. The standard InChI is InChI=1S/C22H27FN2O2/c23-17-12-10-15(11-13-17)14-16-6-4-5-9-19-20(22(26)27)24-25(21(16)19)18-7-2-1-3-8-18/h10-13,16,18H,1-9,14H2,(H,26,27). The van der Waals surface area contributed by atoms with Gasteiger partial charge in [-0.3, -0.25) is 4.68 Å². The zero-order valence-electron chi connectivity index (χ0n) is 15.7. The van der Waals surface area contributed by atoms with E-state index in [0.29, 0.717) is 6.04 Å². The predicted molar refractivity (Wildman–Crippen MR) is 102 cm³/mol. The molecule has 1 atom stereocenters. The highest BCUT2D eigenvalue weighted by Gasteiger charge is 2.32. The molecule has 2 aliphatic rings. The average molecular weight is 370 g/mol. The SMILES string of the molecule is O=C(O)c1nn(C2CCCCC2)c2c1CCCCC2Cc1ccc(F)cc1. The third kappa shape index (κ3) is 3.78. The monoisotopic (exact) mass is 370 g/mol. The van der Waals surface area contributed by atoms with Gasteiger partial charge in [-0.15, -0.1) is 0 Å². The van der Waals surface area contributed by atoms with Gasteiger partial charge in [-0.2, -0.15) is 5.10 Å². The first-order valence-corrected chi connectivity index (χ1v) is 10.2. The number of rotatable bonds is 4. The molecule has 0 saturated heterocycles. The van der Waals surface area contributed by atoms with E-state index in [0.717, 1.165) is 61.8 Å². The Morgan fingerprint density at radius 3 is 2.48 bits per heavy atom. The van der Waals surface area contributed by atoms with Crippen LogP contribution in [0.15, 0.2) is 24.3 Å². The third-order valence-electron chi connectivity index (χ3n) is 6.18. The van der Waals surface area contributed by atoms with E-state index in [4.69, 9.17) is 0 Å². The number of halogens is 1. The van der Waals surface area contributed by atoms with E-state index in [1.807, 2.05) is 12.1 Å². The van der Waals surface area contributed by atoms with E-state index in [9.17, 15) is 14.3 Å². The van der Waals surface area contributed by atoms with Crippen LogP contribution in [0.2, 0.25) is 0 Å². The minimum Gasteiger partial charge on any atom is -0.476 e. The summed E-state index contributed by atoms with van der Waals surface area (Å²) in [4.78, 5) is 11.9. The molecule has 1 fully saturated rings. The molecule has 1 heterocycles. The Kier molecular flexibility index (Phi) is 5.28. The molecule has 1 saturated carbocycles. The van der Waals surface area contributed by atoms with Gasteiger partial charge < -0.3 is 5.11 Å². The summed E-state index contributed by atoms with van der Waals surface area (Å²) in [7, 11) is 0. The van der Waals surface area contributed by atoms with Crippen molar-refractivity contribution < 1.29 is 14.3 Å². The van der Waals surface area contributed by atoms with Crippen molar-refractivity contribution in [2.45, 2.75) is 76.2 Å².